The predicted molar refractivity (Wildman–Crippen MR) is 138 cm³/mol. The summed E-state index contributed by atoms with van der Waals surface area (Å²) in [5.41, 5.74) is 2.70. The van der Waals surface area contributed by atoms with E-state index in [-0.39, 0.29) is 11.8 Å². The van der Waals surface area contributed by atoms with E-state index in [1.165, 1.54) is 5.56 Å². The largest absolute Gasteiger partial charge is 0.497 e. The van der Waals surface area contributed by atoms with E-state index in [0.717, 1.165) is 18.7 Å². The zero-order valence-corrected chi connectivity index (χ0v) is 19.9. The summed E-state index contributed by atoms with van der Waals surface area (Å²) >= 11 is 0. The molecule has 1 saturated heterocycles. The summed E-state index contributed by atoms with van der Waals surface area (Å²) in [6, 6.07) is 19.0. The van der Waals surface area contributed by atoms with Gasteiger partial charge in [0.05, 0.1) is 12.7 Å². The number of amides is 2. The first-order chi connectivity index (χ1) is 17.0. The Hall–Kier alpha value is -3.81. The van der Waals surface area contributed by atoms with Crippen molar-refractivity contribution in [2.45, 2.75) is 12.8 Å². The lowest BCUT2D eigenvalue weighted by Crippen LogP contribution is -2.49. The van der Waals surface area contributed by atoms with Crippen LogP contribution < -0.4 is 20.4 Å². The van der Waals surface area contributed by atoms with Crippen LogP contribution in [0.5, 0.6) is 5.75 Å². The summed E-state index contributed by atoms with van der Waals surface area (Å²) in [5, 5.41) is 2.96. The van der Waals surface area contributed by atoms with Crippen LogP contribution in [0, 0.1) is 0 Å². The first kappa shape index (κ1) is 24.3. The Morgan fingerprint density at radius 3 is 2.49 bits per heavy atom. The van der Waals surface area contributed by atoms with Gasteiger partial charge in [-0.15, -0.1) is 0 Å². The minimum atomic E-state index is -0.122. The smallest absolute Gasteiger partial charge is 0.253 e. The Bertz CT molecular complexity index is 1150. The van der Waals surface area contributed by atoms with Crippen LogP contribution in [-0.2, 0) is 6.42 Å². The first-order valence-corrected chi connectivity index (χ1v) is 11.8. The van der Waals surface area contributed by atoms with Gasteiger partial charge < -0.3 is 19.9 Å². The molecular formula is C27H29BN4O3. The molecule has 0 spiro atoms. The minimum absolute atomic E-state index is 0.103. The van der Waals surface area contributed by atoms with E-state index in [1.807, 2.05) is 24.3 Å². The number of piperazine rings is 1. The number of anilines is 1. The number of nitrogens with one attached hydrogen (secondary N) is 1. The second-order valence-electron chi connectivity index (χ2n) is 8.48. The quantitative estimate of drug-likeness (QED) is 0.406. The van der Waals surface area contributed by atoms with E-state index >= 15 is 0 Å². The van der Waals surface area contributed by atoms with Gasteiger partial charge in [-0.3, -0.25) is 9.59 Å². The highest BCUT2D eigenvalue weighted by atomic mass is 16.5. The van der Waals surface area contributed by atoms with Gasteiger partial charge in [-0.05, 0) is 42.7 Å². The maximum Gasteiger partial charge on any atom is 0.253 e. The van der Waals surface area contributed by atoms with E-state index in [4.69, 9.17) is 12.6 Å². The van der Waals surface area contributed by atoms with Gasteiger partial charge in [0.1, 0.15) is 19.4 Å². The van der Waals surface area contributed by atoms with Crippen molar-refractivity contribution in [2.75, 3.05) is 44.7 Å². The highest BCUT2D eigenvalue weighted by Crippen LogP contribution is 2.17. The zero-order valence-electron chi connectivity index (χ0n) is 19.9. The van der Waals surface area contributed by atoms with Crippen LogP contribution in [0.2, 0.25) is 0 Å². The molecule has 2 radical (unpaired) electrons. The van der Waals surface area contributed by atoms with Gasteiger partial charge in [0.25, 0.3) is 11.8 Å². The van der Waals surface area contributed by atoms with Gasteiger partial charge in [0.15, 0.2) is 0 Å². The SMILES string of the molecule is [B]c1ccc(OC)cc1C(=O)N1CCN(c2ccc(C(=O)NCCCc3ccccc3)cn2)CC1. The predicted octanol–water partition coefficient (Wildman–Crippen LogP) is 2.21. The molecule has 1 fully saturated rings. The third-order valence-electron chi connectivity index (χ3n) is 6.16. The number of carbonyl (C=O) groups excluding carboxylic acids is 2. The van der Waals surface area contributed by atoms with Crippen molar-refractivity contribution in [3.63, 3.8) is 0 Å². The van der Waals surface area contributed by atoms with E-state index in [2.05, 4.69) is 27.3 Å². The van der Waals surface area contributed by atoms with E-state index in [0.29, 0.717) is 55.1 Å². The van der Waals surface area contributed by atoms with E-state index in [1.54, 1.807) is 42.5 Å². The summed E-state index contributed by atoms with van der Waals surface area (Å²) in [4.78, 5) is 33.8. The molecule has 1 aliphatic heterocycles. The lowest BCUT2D eigenvalue weighted by Gasteiger charge is -2.35. The van der Waals surface area contributed by atoms with Crippen LogP contribution in [0.25, 0.3) is 0 Å². The van der Waals surface area contributed by atoms with Gasteiger partial charge in [-0.2, -0.15) is 0 Å². The number of pyridine rings is 1. The van der Waals surface area contributed by atoms with Gasteiger partial charge >= 0.3 is 0 Å². The van der Waals surface area contributed by atoms with Crippen molar-refractivity contribution in [1.82, 2.24) is 15.2 Å². The Labute approximate surface area is 207 Å². The highest BCUT2D eigenvalue weighted by Gasteiger charge is 2.24. The number of aryl methyl sites for hydroxylation is 1. The summed E-state index contributed by atoms with van der Waals surface area (Å²) in [5.74, 6) is 1.17. The van der Waals surface area contributed by atoms with E-state index < -0.39 is 0 Å². The molecule has 0 saturated carbocycles. The number of hydrogen-bond donors (Lipinski definition) is 1. The average molecular weight is 468 g/mol. The Kier molecular flexibility index (Phi) is 8.03. The number of carbonyl (C=O) groups is 2. The molecule has 2 amide bonds. The maximum absolute atomic E-state index is 13.0. The van der Waals surface area contributed by atoms with Gasteiger partial charge in [0.2, 0.25) is 0 Å². The third-order valence-corrected chi connectivity index (χ3v) is 6.16. The molecule has 3 aromatic rings. The normalized spacial score (nSPS) is 13.4. The minimum Gasteiger partial charge on any atom is -0.497 e. The molecule has 178 valence electrons. The van der Waals surface area contributed by atoms with Crippen LogP contribution in [0.1, 0.15) is 32.7 Å². The number of hydrogen-bond acceptors (Lipinski definition) is 5. The molecule has 1 aromatic heterocycles. The van der Waals surface area contributed by atoms with Crippen LogP contribution in [-0.4, -0.2) is 69.4 Å². The van der Waals surface area contributed by atoms with Crippen molar-refractivity contribution in [2.24, 2.45) is 0 Å². The van der Waals surface area contributed by atoms with Crippen LogP contribution in [0.3, 0.4) is 0 Å². The molecule has 1 aliphatic rings. The Morgan fingerprint density at radius 1 is 1.03 bits per heavy atom. The maximum atomic E-state index is 13.0. The van der Waals surface area contributed by atoms with Crippen LogP contribution in [0.15, 0.2) is 66.9 Å². The molecule has 2 heterocycles. The van der Waals surface area contributed by atoms with Gasteiger partial charge in [-0.1, -0.05) is 41.9 Å². The number of ether oxygens (including phenoxy) is 1. The lowest BCUT2D eigenvalue weighted by molar-refractivity contribution is 0.0747. The number of nitrogens with zero attached hydrogens (tertiary/aromatic N) is 3. The molecule has 2 aromatic carbocycles. The molecule has 4 rings (SSSR count). The molecule has 1 N–H and O–H groups in total. The average Bonchev–Trinajstić information content (AvgIpc) is 2.91. The Balaban J connectivity index is 1.25. The summed E-state index contributed by atoms with van der Waals surface area (Å²) in [6.07, 6.45) is 3.42. The van der Waals surface area contributed by atoms with Crippen LogP contribution >= 0.6 is 0 Å². The zero-order chi connectivity index (χ0) is 24.6. The first-order valence-electron chi connectivity index (χ1n) is 11.8. The van der Waals surface area contributed by atoms with Crippen molar-refractivity contribution < 1.29 is 14.3 Å². The number of methoxy groups -OCH3 is 1. The second-order valence-corrected chi connectivity index (χ2v) is 8.48. The fourth-order valence-electron chi connectivity index (χ4n) is 4.11. The molecule has 7 nitrogen and oxygen atoms in total. The molecule has 8 heteroatoms. The molecule has 0 unspecified atom stereocenters. The fraction of sp³-hybridized carbons (Fsp3) is 0.296. The van der Waals surface area contributed by atoms with Gasteiger partial charge in [0, 0.05) is 44.5 Å². The van der Waals surface area contributed by atoms with Crippen molar-refractivity contribution >= 4 is 30.9 Å². The van der Waals surface area contributed by atoms with Crippen molar-refractivity contribution in [1.29, 1.82) is 0 Å². The molecule has 35 heavy (non-hydrogen) atoms. The number of benzene rings is 2. The monoisotopic (exact) mass is 468 g/mol. The topological polar surface area (TPSA) is 74.8 Å². The van der Waals surface area contributed by atoms with Crippen LogP contribution in [0.4, 0.5) is 5.82 Å². The van der Waals surface area contributed by atoms with Crippen molar-refractivity contribution in [3.8, 4) is 5.75 Å². The summed E-state index contributed by atoms with van der Waals surface area (Å²) in [7, 11) is 7.58. The standard InChI is InChI=1S/C27H29BN4O3/c1-35-22-10-11-24(28)23(18-22)27(34)32-16-14-31(15-17-32)25-12-9-21(19-30-25)26(33)29-13-5-8-20-6-3-2-4-7-20/h2-4,6-7,9-12,18-19H,5,8,13-17H2,1H3,(H,29,33). The van der Waals surface area contributed by atoms with Gasteiger partial charge in [-0.25, -0.2) is 4.98 Å². The third kappa shape index (κ3) is 6.21. The summed E-state index contributed by atoms with van der Waals surface area (Å²) in [6.45, 7) is 3.02. The number of aromatic nitrogens is 1. The number of rotatable bonds is 8. The molecule has 0 bridgehead atoms. The fourth-order valence-corrected chi connectivity index (χ4v) is 4.11. The molecular weight excluding hydrogens is 439 g/mol. The van der Waals surface area contributed by atoms with E-state index in [9.17, 15) is 9.59 Å². The second kappa shape index (κ2) is 11.6. The highest BCUT2D eigenvalue weighted by molar-refractivity contribution is 6.36. The lowest BCUT2D eigenvalue weighted by atomic mass is 9.89. The molecule has 0 aliphatic carbocycles. The summed E-state index contributed by atoms with van der Waals surface area (Å²) < 4.78 is 5.22. The van der Waals surface area contributed by atoms with Crippen molar-refractivity contribution in [3.05, 3.63) is 83.6 Å². The Morgan fingerprint density at radius 2 is 1.80 bits per heavy atom. The molecule has 0 atom stereocenters.